The molecule has 110 valence electrons. The first-order valence-corrected chi connectivity index (χ1v) is 6.71. The molecule has 0 aliphatic carbocycles. The molecule has 1 amide bonds. The quantitative estimate of drug-likeness (QED) is 0.827. The summed E-state index contributed by atoms with van der Waals surface area (Å²) in [5, 5.41) is 2.93. The molecule has 4 nitrogen and oxygen atoms in total. The summed E-state index contributed by atoms with van der Waals surface area (Å²) in [6.45, 7) is 1.01. The highest BCUT2D eigenvalue weighted by atomic mass is 19.3. The smallest absolute Gasteiger partial charge is 0.251 e. The van der Waals surface area contributed by atoms with Gasteiger partial charge in [-0.15, -0.1) is 0 Å². The second-order valence-electron chi connectivity index (χ2n) is 5.06. The first-order chi connectivity index (χ1) is 9.54. The molecule has 1 aromatic carbocycles. The van der Waals surface area contributed by atoms with Gasteiger partial charge < -0.3 is 11.1 Å². The molecule has 0 bridgehead atoms. The van der Waals surface area contributed by atoms with Crippen LogP contribution in [0.25, 0.3) is 0 Å². The Hall–Kier alpha value is -1.69. The van der Waals surface area contributed by atoms with Crippen molar-refractivity contribution in [1.29, 1.82) is 0 Å². The lowest BCUT2D eigenvalue weighted by atomic mass is 10.0. The highest BCUT2D eigenvalue weighted by Gasteiger charge is 2.22. The van der Waals surface area contributed by atoms with E-state index in [1.54, 1.807) is 29.2 Å². The molecule has 0 spiro atoms. The summed E-state index contributed by atoms with van der Waals surface area (Å²) in [5.41, 5.74) is 6.74. The number of nitrogens with two attached hydrogens (primary N) is 1. The number of halogens is 2. The van der Waals surface area contributed by atoms with Crippen LogP contribution in [0.15, 0.2) is 24.3 Å². The molecule has 1 fully saturated rings. The van der Waals surface area contributed by atoms with Gasteiger partial charge in [0.15, 0.2) is 0 Å². The van der Waals surface area contributed by atoms with Gasteiger partial charge in [0.1, 0.15) is 0 Å². The van der Waals surface area contributed by atoms with Crippen molar-refractivity contribution in [1.82, 2.24) is 10.2 Å². The maximum absolute atomic E-state index is 12.3. The zero-order valence-electron chi connectivity index (χ0n) is 11.2. The number of piperidine rings is 1. The van der Waals surface area contributed by atoms with E-state index in [0.29, 0.717) is 37.2 Å². The maximum Gasteiger partial charge on any atom is 0.251 e. The van der Waals surface area contributed by atoms with Crippen LogP contribution in [0, 0.1) is 0 Å². The van der Waals surface area contributed by atoms with E-state index in [2.05, 4.69) is 5.32 Å². The lowest BCUT2D eigenvalue weighted by molar-refractivity contribution is 0.0696. The van der Waals surface area contributed by atoms with Crippen molar-refractivity contribution >= 4 is 11.6 Å². The SMILES string of the molecule is Nc1ccc(C(=O)NC2CCN(CC(F)F)CC2)cc1. The molecule has 1 aromatic rings. The number of likely N-dealkylation sites (tertiary alicyclic amines) is 1. The van der Waals surface area contributed by atoms with E-state index in [-0.39, 0.29) is 18.5 Å². The summed E-state index contributed by atoms with van der Waals surface area (Å²) in [4.78, 5) is 13.7. The minimum Gasteiger partial charge on any atom is -0.399 e. The van der Waals surface area contributed by atoms with Crippen LogP contribution in [-0.4, -0.2) is 42.9 Å². The summed E-state index contributed by atoms with van der Waals surface area (Å²) < 4.78 is 24.5. The van der Waals surface area contributed by atoms with Gasteiger partial charge in [0.25, 0.3) is 12.3 Å². The van der Waals surface area contributed by atoms with Crippen LogP contribution in [0.2, 0.25) is 0 Å². The number of nitrogen functional groups attached to an aromatic ring is 1. The average molecular weight is 283 g/mol. The molecule has 2 rings (SSSR count). The molecule has 0 unspecified atom stereocenters. The number of anilines is 1. The van der Waals surface area contributed by atoms with Gasteiger partial charge >= 0.3 is 0 Å². The zero-order valence-corrected chi connectivity index (χ0v) is 11.2. The summed E-state index contributed by atoms with van der Waals surface area (Å²) in [6.07, 6.45) is -0.892. The topological polar surface area (TPSA) is 58.4 Å². The Balaban J connectivity index is 1.80. The van der Waals surface area contributed by atoms with Gasteiger partial charge in [-0.1, -0.05) is 0 Å². The monoisotopic (exact) mass is 283 g/mol. The molecular formula is C14H19F2N3O. The van der Waals surface area contributed by atoms with Gasteiger partial charge in [-0.25, -0.2) is 8.78 Å². The zero-order chi connectivity index (χ0) is 14.5. The van der Waals surface area contributed by atoms with Crippen LogP contribution in [0.3, 0.4) is 0 Å². The van der Waals surface area contributed by atoms with Crippen LogP contribution in [0.5, 0.6) is 0 Å². The first kappa shape index (κ1) is 14.7. The molecular weight excluding hydrogens is 264 g/mol. The van der Waals surface area contributed by atoms with Crippen molar-refractivity contribution in [3.8, 4) is 0 Å². The molecule has 0 aromatic heterocycles. The van der Waals surface area contributed by atoms with Crippen molar-refractivity contribution in [3.63, 3.8) is 0 Å². The Bertz CT molecular complexity index is 442. The number of benzene rings is 1. The third-order valence-electron chi connectivity index (χ3n) is 3.49. The molecule has 20 heavy (non-hydrogen) atoms. The number of nitrogens with one attached hydrogen (secondary N) is 1. The van der Waals surface area contributed by atoms with E-state index in [9.17, 15) is 13.6 Å². The van der Waals surface area contributed by atoms with Crippen molar-refractivity contribution < 1.29 is 13.6 Å². The number of amides is 1. The molecule has 3 N–H and O–H groups in total. The molecule has 1 aliphatic rings. The second kappa shape index (κ2) is 6.65. The van der Waals surface area contributed by atoms with E-state index >= 15 is 0 Å². The van der Waals surface area contributed by atoms with Crippen molar-refractivity contribution in [2.45, 2.75) is 25.3 Å². The van der Waals surface area contributed by atoms with E-state index in [1.807, 2.05) is 0 Å². The molecule has 1 saturated heterocycles. The fourth-order valence-corrected chi connectivity index (χ4v) is 2.36. The lowest BCUT2D eigenvalue weighted by Crippen LogP contribution is -2.45. The normalized spacial score (nSPS) is 17.4. The highest BCUT2D eigenvalue weighted by Crippen LogP contribution is 2.13. The highest BCUT2D eigenvalue weighted by molar-refractivity contribution is 5.94. The van der Waals surface area contributed by atoms with Crippen molar-refractivity contribution in [3.05, 3.63) is 29.8 Å². The number of nitrogens with zero attached hydrogens (tertiary/aromatic N) is 1. The van der Waals surface area contributed by atoms with Crippen LogP contribution >= 0.6 is 0 Å². The van der Waals surface area contributed by atoms with Gasteiger partial charge in [0, 0.05) is 30.4 Å². The second-order valence-corrected chi connectivity index (χ2v) is 5.06. The van der Waals surface area contributed by atoms with E-state index in [4.69, 9.17) is 5.73 Å². The third kappa shape index (κ3) is 4.16. The Kier molecular flexibility index (Phi) is 4.89. The largest absolute Gasteiger partial charge is 0.399 e. The minimum absolute atomic E-state index is 0.0500. The van der Waals surface area contributed by atoms with Crippen LogP contribution < -0.4 is 11.1 Å². The molecule has 0 radical (unpaired) electrons. The maximum atomic E-state index is 12.3. The summed E-state index contributed by atoms with van der Waals surface area (Å²) >= 11 is 0. The summed E-state index contributed by atoms with van der Waals surface area (Å²) in [7, 11) is 0. The number of hydrogen-bond donors (Lipinski definition) is 2. The van der Waals surface area contributed by atoms with Crippen LogP contribution in [0.4, 0.5) is 14.5 Å². The predicted molar refractivity (Wildman–Crippen MR) is 73.8 cm³/mol. The number of carbonyl (C=O) groups is 1. The van der Waals surface area contributed by atoms with Gasteiger partial charge in [-0.05, 0) is 37.1 Å². The number of rotatable bonds is 4. The fourth-order valence-electron chi connectivity index (χ4n) is 2.36. The van der Waals surface area contributed by atoms with Crippen LogP contribution in [0.1, 0.15) is 23.2 Å². The number of carbonyl (C=O) groups excluding carboxylic acids is 1. The Labute approximate surface area is 116 Å². The van der Waals surface area contributed by atoms with Gasteiger partial charge in [-0.2, -0.15) is 0 Å². The number of alkyl halides is 2. The van der Waals surface area contributed by atoms with Gasteiger partial charge in [0.2, 0.25) is 0 Å². The van der Waals surface area contributed by atoms with Crippen molar-refractivity contribution in [2.24, 2.45) is 0 Å². The first-order valence-electron chi connectivity index (χ1n) is 6.71. The molecule has 0 saturated carbocycles. The van der Waals surface area contributed by atoms with E-state index < -0.39 is 6.43 Å². The van der Waals surface area contributed by atoms with Crippen LogP contribution in [-0.2, 0) is 0 Å². The summed E-state index contributed by atoms with van der Waals surface area (Å²) in [6, 6.07) is 6.77. The third-order valence-corrected chi connectivity index (χ3v) is 3.49. The molecule has 1 heterocycles. The summed E-state index contributed by atoms with van der Waals surface area (Å²) in [5.74, 6) is -0.141. The molecule has 6 heteroatoms. The van der Waals surface area contributed by atoms with Gasteiger partial charge in [0.05, 0.1) is 6.54 Å². The van der Waals surface area contributed by atoms with E-state index in [1.165, 1.54) is 0 Å². The van der Waals surface area contributed by atoms with Gasteiger partial charge in [-0.3, -0.25) is 9.69 Å². The Morgan fingerprint density at radius 2 is 1.90 bits per heavy atom. The Morgan fingerprint density at radius 3 is 2.45 bits per heavy atom. The minimum atomic E-state index is -2.30. The number of hydrogen-bond acceptors (Lipinski definition) is 3. The Morgan fingerprint density at radius 1 is 1.30 bits per heavy atom. The predicted octanol–water partition coefficient (Wildman–Crippen LogP) is 1.73. The van der Waals surface area contributed by atoms with E-state index in [0.717, 1.165) is 0 Å². The molecule has 0 atom stereocenters. The van der Waals surface area contributed by atoms with Crippen molar-refractivity contribution in [2.75, 3.05) is 25.4 Å². The fraction of sp³-hybridized carbons (Fsp3) is 0.500. The standard InChI is InChI=1S/C14H19F2N3O/c15-13(16)9-19-7-5-12(6-8-19)18-14(20)10-1-3-11(17)4-2-10/h1-4,12-13H,5-9,17H2,(H,18,20). The lowest BCUT2D eigenvalue weighted by Gasteiger charge is -2.32. The molecule has 1 aliphatic heterocycles. The average Bonchev–Trinajstić information content (AvgIpc) is 2.41.